The molecule has 0 N–H and O–H groups in total. The van der Waals surface area contributed by atoms with Gasteiger partial charge < -0.3 is 4.90 Å². The summed E-state index contributed by atoms with van der Waals surface area (Å²) in [6.45, 7) is 7.65. The normalized spacial score (nSPS) is 21.7. The number of carbonyl (C=O) groups is 1. The van der Waals surface area contributed by atoms with Gasteiger partial charge in [0.05, 0.1) is 6.54 Å². The lowest BCUT2D eigenvalue weighted by atomic mass is 10.2. The van der Waals surface area contributed by atoms with Crippen molar-refractivity contribution in [3.8, 4) is 0 Å². The summed E-state index contributed by atoms with van der Waals surface area (Å²) in [5, 5.41) is 2.14. The molecule has 22 heavy (non-hydrogen) atoms. The van der Waals surface area contributed by atoms with Crippen molar-refractivity contribution in [2.24, 2.45) is 0 Å². The molecule has 0 bridgehead atoms. The Hall–Kier alpha value is -0.910. The van der Waals surface area contributed by atoms with Crippen LogP contribution >= 0.6 is 11.3 Å². The summed E-state index contributed by atoms with van der Waals surface area (Å²) in [6.07, 6.45) is 5.15. The number of hydrogen-bond acceptors (Lipinski definition) is 4. The first kappa shape index (κ1) is 16.0. The quantitative estimate of drug-likeness (QED) is 0.851. The second-order valence-corrected chi connectivity index (χ2v) is 7.46. The van der Waals surface area contributed by atoms with Crippen molar-refractivity contribution in [3.05, 3.63) is 22.4 Å². The molecule has 1 aromatic rings. The summed E-state index contributed by atoms with van der Waals surface area (Å²) in [4.78, 5) is 20.8. The monoisotopic (exact) mass is 321 g/mol. The zero-order valence-corrected chi connectivity index (χ0v) is 14.2. The highest BCUT2D eigenvalue weighted by atomic mass is 32.1. The van der Waals surface area contributed by atoms with Crippen LogP contribution in [-0.4, -0.2) is 66.4 Å². The van der Waals surface area contributed by atoms with Crippen molar-refractivity contribution in [1.82, 2.24) is 14.7 Å². The van der Waals surface area contributed by atoms with E-state index in [0.717, 1.165) is 45.8 Å². The molecule has 3 heterocycles. The number of likely N-dealkylation sites (tertiary alicyclic amines) is 1. The highest BCUT2D eigenvalue weighted by molar-refractivity contribution is 7.09. The smallest absolute Gasteiger partial charge is 0.236 e. The predicted octanol–water partition coefficient (Wildman–Crippen LogP) is 2.27. The molecule has 3 rings (SSSR count). The molecule has 122 valence electrons. The SMILES string of the molecule is O=C(CN1CCCCCC1)N1CCN(Cc2cccs2)CC1. The van der Waals surface area contributed by atoms with Crippen LogP contribution in [0.4, 0.5) is 0 Å². The summed E-state index contributed by atoms with van der Waals surface area (Å²) in [7, 11) is 0. The van der Waals surface area contributed by atoms with Crippen molar-refractivity contribution in [1.29, 1.82) is 0 Å². The first-order valence-corrected chi connectivity index (χ1v) is 9.44. The lowest BCUT2D eigenvalue weighted by Gasteiger charge is -2.35. The van der Waals surface area contributed by atoms with Gasteiger partial charge in [-0.05, 0) is 37.4 Å². The van der Waals surface area contributed by atoms with Gasteiger partial charge in [-0.3, -0.25) is 14.6 Å². The Kier molecular flexibility index (Phi) is 5.87. The Morgan fingerprint density at radius 2 is 1.68 bits per heavy atom. The molecule has 0 aliphatic carbocycles. The molecule has 4 nitrogen and oxygen atoms in total. The highest BCUT2D eigenvalue weighted by Crippen LogP contribution is 2.14. The molecule has 1 aromatic heterocycles. The maximum Gasteiger partial charge on any atom is 0.236 e. The summed E-state index contributed by atoms with van der Waals surface area (Å²) in [5.41, 5.74) is 0. The fraction of sp³-hybridized carbons (Fsp3) is 0.706. The van der Waals surface area contributed by atoms with E-state index in [1.165, 1.54) is 30.6 Å². The Bertz CT molecular complexity index is 446. The van der Waals surface area contributed by atoms with E-state index in [1.807, 2.05) is 11.3 Å². The molecule has 1 amide bonds. The van der Waals surface area contributed by atoms with Crippen molar-refractivity contribution < 1.29 is 4.79 Å². The van der Waals surface area contributed by atoms with Crippen LogP contribution in [0, 0.1) is 0 Å². The van der Waals surface area contributed by atoms with Crippen LogP contribution in [0.1, 0.15) is 30.6 Å². The Morgan fingerprint density at radius 3 is 2.32 bits per heavy atom. The maximum atomic E-state index is 12.5. The van der Waals surface area contributed by atoms with E-state index >= 15 is 0 Å². The van der Waals surface area contributed by atoms with Crippen LogP contribution in [-0.2, 0) is 11.3 Å². The molecule has 0 spiro atoms. The van der Waals surface area contributed by atoms with Crippen LogP contribution in [0.3, 0.4) is 0 Å². The van der Waals surface area contributed by atoms with E-state index < -0.39 is 0 Å². The third-order valence-corrected chi connectivity index (χ3v) is 5.60. The molecule has 0 atom stereocenters. The molecule has 2 fully saturated rings. The minimum absolute atomic E-state index is 0.331. The molecule has 2 aliphatic heterocycles. The van der Waals surface area contributed by atoms with Crippen LogP contribution in [0.2, 0.25) is 0 Å². The zero-order chi connectivity index (χ0) is 15.2. The fourth-order valence-electron chi connectivity index (χ4n) is 3.36. The summed E-state index contributed by atoms with van der Waals surface area (Å²) in [5.74, 6) is 0.331. The minimum Gasteiger partial charge on any atom is -0.339 e. The predicted molar refractivity (Wildman–Crippen MR) is 91.1 cm³/mol. The van der Waals surface area contributed by atoms with E-state index in [2.05, 4.69) is 32.2 Å². The van der Waals surface area contributed by atoms with E-state index in [-0.39, 0.29) is 0 Å². The number of rotatable bonds is 4. The second kappa shape index (κ2) is 8.09. The van der Waals surface area contributed by atoms with Crippen molar-refractivity contribution in [3.63, 3.8) is 0 Å². The molecule has 5 heteroatoms. The van der Waals surface area contributed by atoms with Crippen LogP contribution in [0.25, 0.3) is 0 Å². The van der Waals surface area contributed by atoms with Crippen molar-refractivity contribution >= 4 is 17.2 Å². The number of hydrogen-bond donors (Lipinski definition) is 0. The van der Waals surface area contributed by atoms with E-state index in [9.17, 15) is 4.79 Å². The van der Waals surface area contributed by atoms with Crippen LogP contribution < -0.4 is 0 Å². The summed E-state index contributed by atoms with van der Waals surface area (Å²) >= 11 is 1.82. The van der Waals surface area contributed by atoms with Gasteiger partial charge >= 0.3 is 0 Å². The number of thiophene rings is 1. The minimum atomic E-state index is 0.331. The van der Waals surface area contributed by atoms with Crippen LogP contribution in [0.15, 0.2) is 17.5 Å². The van der Waals surface area contributed by atoms with Gasteiger partial charge in [0.1, 0.15) is 0 Å². The lowest BCUT2D eigenvalue weighted by Crippen LogP contribution is -2.50. The topological polar surface area (TPSA) is 26.8 Å². The van der Waals surface area contributed by atoms with E-state index in [1.54, 1.807) is 0 Å². The van der Waals surface area contributed by atoms with Crippen molar-refractivity contribution in [2.75, 3.05) is 45.8 Å². The van der Waals surface area contributed by atoms with Gasteiger partial charge in [-0.2, -0.15) is 0 Å². The van der Waals surface area contributed by atoms with Gasteiger partial charge in [0.2, 0.25) is 5.91 Å². The molecule has 0 saturated carbocycles. The Morgan fingerprint density at radius 1 is 0.955 bits per heavy atom. The molecular weight excluding hydrogens is 294 g/mol. The summed E-state index contributed by atoms with van der Waals surface area (Å²) < 4.78 is 0. The van der Waals surface area contributed by atoms with E-state index in [0.29, 0.717) is 12.5 Å². The van der Waals surface area contributed by atoms with Gasteiger partial charge in [0.25, 0.3) is 0 Å². The van der Waals surface area contributed by atoms with Gasteiger partial charge in [-0.25, -0.2) is 0 Å². The number of amides is 1. The maximum absolute atomic E-state index is 12.5. The third kappa shape index (κ3) is 4.54. The van der Waals surface area contributed by atoms with Crippen LogP contribution in [0.5, 0.6) is 0 Å². The summed E-state index contributed by atoms with van der Waals surface area (Å²) in [6, 6.07) is 4.31. The fourth-order valence-corrected chi connectivity index (χ4v) is 4.11. The standard InChI is InChI=1S/C17H27N3OS/c21-17(15-18-7-3-1-2-4-8-18)20-11-9-19(10-12-20)14-16-6-5-13-22-16/h5-6,13H,1-4,7-12,14-15H2. The Labute approximate surface area is 137 Å². The molecule has 0 aromatic carbocycles. The number of piperazine rings is 1. The molecule has 2 aliphatic rings. The Balaban J connectivity index is 1.41. The number of nitrogens with zero attached hydrogens (tertiary/aromatic N) is 3. The lowest BCUT2D eigenvalue weighted by molar-refractivity contribution is -0.134. The van der Waals surface area contributed by atoms with Crippen molar-refractivity contribution in [2.45, 2.75) is 32.2 Å². The van der Waals surface area contributed by atoms with E-state index in [4.69, 9.17) is 0 Å². The van der Waals surface area contributed by atoms with Gasteiger partial charge in [0.15, 0.2) is 0 Å². The van der Waals surface area contributed by atoms with Gasteiger partial charge in [0, 0.05) is 37.6 Å². The average Bonchev–Trinajstić information content (AvgIpc) is 2.91. The second-order valence-electron chi connectivity index (χ2n) is 6.43. The molecular formula is C17H27N3OS. The molecule has 0 radical (unpaired) electrons. The molecule has 0 unspecified atom stereocenters. The largest absolute Gasteiger partial charge is 0.339 e. The molecule has 2 saturated heterocycles. The highest BCUT2D eigenvalue weighted by Gasteiger charge is 2.23. The first-order chi connectivity index (χ1) is 10.8. The first-order valence-electron chi connectivity index (χ1n) is 8.56. The van der Waals surface area contributed by atoms with Gasteiger partial charge in [-0.15, -0.1) is 11.3 Å². The number of carbonyl (C=O) groups excluding carboxylic acids is 1. The zero-order valence-electron chi connectivity index (χ0n) is 13.4. The third-order valence-electron chi connectivity index (χ3n) is 4.74. The van der Waals surface area contributed by atoms with Gasteiger partial charge in [-0.1, -0.05) is 18.9 Å². The average molecular weight is 321 g/mol.